The highest BCUT2D eigenvalue weighted by molar-refractivity contribution is 4.83. The fourth-order valence-electron chi connectivity index (χ4n) is 1.86. The van der Waals surface area contributed by atoms with Crippen molar-refractivity contribution in [3.63, 3.8) is 0 Å². The first-order valence-electron chi connectivity index (χ1n) is 4.78. The van der Waals surface area contributed by atoms with Gasteiger partial charge in [0.25, 0.3) is 5.92 Å². The van der Waals surface area contributed by atoms with Crippen LogP contribution in [0, 0.1) is 5.92 Å². The first-order valence-corrected chi connectivity index (χ1v) is 4.78. The maximum Gasteiger partial charge on any atom is 0.251 e. The van der Waals surface area contributed by atoms with E-state index in [0.717, 1.165) is 6.42 Å². The van der Waals surface area contributed by atoms with Gasteiger partial charge in [-0.15, -0.1) is 0 Å². The van der Waals surface area contributed by atoms with Crippen molar-refractivity contribution in [2.24, 2.45) is 11.7 Å². The Morgan fingerprint density at radius 2 is 2.08 bits per heavy atom. The third-order valence-corrected chi connectivity index (χ3v) is 2.71. The first-order chi connectivity index (χ1) is 6.06. The second-order valence-electron chi connectivity index (χ2n) is 3.77. The highest BCUT2D eigenvalue weighted by Gasteiger charge is 2.41. The van der Waals surface area contributed by atoms with E-state index in [1.54, 1.807) is 0 Å². The topological polar surface area (TPSA) is 26.0 Å². The normalized spacial score (nSPS) is 30.0. The van der Waals surface area contributed by atoms with Gasteiger partial charge in [-0.05, 0) is 19.3 Å². The summed E-state index contributed by atoms with van der Waals surface area (Å²) in [5.41, 5.74) is 5.06. The Hall–Kier alpha value is -0.250. The molecule has 0 saturated heterocycles. The summed E-state index contributed by atoms with van der Waals surface area (Å²) in [4.78, 5) is 0. The summed E-state index contributed by atoms with van der Waals surface area (Å²) in [6.07, 6.45) is 0.348. The molecule has 1 saturated carbocycles. The molecule has 0 aliphatic heterocycles. The lowest BCUT2D eigenvalue weighted by Crippen LogP contribution is -2.34. The van der Waals surface area contributed by atoms with E-state index in [1.165, 1.54) is 0 Å². The summed E-state index contributed by atoms with van der Waals surface area (Å²) < 4.78 is 39.1. The van der Waals surface area contributed by atoms with Crippen molar-refractivity contribution in [2.45, 2.75) is 44.2 Å². The lowest BCUT2D eigenvalue weighted by atomic mass is 9.82. The number of halogens is 3. The molecule has 1 rings (SSSR count). The molecule has 4 heteroatoms. The van der Waals surface area contributed by atoms with Gasteiger partial charge in [-0.2, -0.15) is 0 Å². The molecule has 2 N–H and O–H groups in total. The minimum absolute atomic E-state index is 0.0799. The number of alkyl halides is 3. The molecule has 78 valence electrons. The number of nitrogens with two attached hydrogens (primary N) is 1. The minimum atomic E-state index is -2.67. The number of rotatable bonds is 3. The lowest BCUT2D eigenvalue weighted by molar-refractivity contribution is -0.0937. The molecular formula is C9H16F3N. The molecular weight excluding hydrogens is 179 g/mol. The summed E-state index contributed by atoms with van der Waals surface area (Å²) in [6, 6.07) is 0. The zero-order chi connectivity index (χ0) is 9.90. The van der Waals surface area contributed by atoms with Gasteiger partial charge < -0.3 is 5.73 Å². The molecule has 13 heavy (non-hydrogen) atoms. The van der Waals surface area contributed by atoms with Crippen molar-refractivity contribution in [1.29, 1.82) is 0 Å². The molecule has 2 unspecified atom stereocenters. The van der Waals surface area contributed by atoms with Gasteiger partial charge in [-0.1, -0.05) is 6.42 Å². The average Bonchev–Trinajstić information content (AvgIpc) is 2.08. The standard InChI is InChI=1S/C9H16F3N/c10-8(6-13)5-7-3-1-2-4-9(7,11)12/h7-8H,1-6,13H2. The van der Waals surface area contributed by atoms with Crippen molar-refractivity contribution in [3.8, 4) is 0 Å². The van der Waals surface area contributed by atoms with Crippen molar-refractivity contribution in [2.75, 3.05) is 6.54 Å². The Morgan fingerprint density at radius 3 is 2.62 bits per heavy atom. The van der Waals surface area contributed by atoms with Crippen LogP contribution >= 0.6 is 0 Å². The van der Waals surface area contributed by atoms with E-state index in [1.807, 2.05) is 0 Å². The molecule has 1 nitrogen and oxygen atoms in total. The molecule has 0 heterocycles. The maximum atomic E-state index is 13.2. The maximum absolute atomic E-state index is 13.2. The molecule has 0 spiro atoms. The van der Waals surface area contributed by atoms with E-state index >= 15 is 0 Å². The fraction of sp³-hybridized carbons (Fsp3) is 1.00. The van der Waals surface area contributed by atoms with E-state index < -0.39 is 18.0 Å². The van der Waals surface area contributed by atoms with Crippen molar-refractivity contribution >= 4 is 0 Å². The second-order valence-corrected chi connectivity index (χ2v) is 3.77. The summed E-state index contributed by atoms with van der Waals surface area (Å²) in [5.74, 6) is -3.46. The Bertz CT molecular complexity index is 161. The van der Waals surface area contributed by atoms with E-state index in [2.05, 4.69) is 0 Å². The quantitative estimate of drug-likeness (QED) is 0.735. The van der Waals surface area contributed by atoms with Crippen LogP contribution in [0.2, 0.25) is 0 Å². The molecule has 1 fully saturated rings. The van der Waals surface area contributed by atoms with Gasteiger partial charge in [0.15, 0.2) is 0 Å². The predicted octanol–water partition coefficient (Wildman–Crippen LogP) is 2.50. The van der Waals surface area contributed by atoms with Crippen LogP contribution in [0.4, 0.5) is 13.2 Å². The fourth-order valence-corrected chi connectivity index (χ4v) is 1.86. The summed E-state index contributed by atoms with van der Waals surface area (Å²) in [7, 11) is 0. The number of hydrogen-bond donors (Lipinski definition) is 1. The zero-order valence-electron chi connectivity index (χ0n) is 7.61. The van der Waals surface area contributed by atoms with E-state index in [9.17, 15) is 13.2 Å². The van der Waals surface area contributed by atoms with Gasteiger partial charge in [0.1, 0.15) is 6.17 Å². The minimum Gasteiger partial charge on any atom is -0.328 e. The second kappa shape index (κ2) is 4.31. The van der Waals surface area contributed by atoms with Gasteiger partial charge >= 0.3 is 0 Å². The van der Waals surface area contributed by atoms with Crippen molar-refractivity contribution in [3.05, 3.63) is 0 Å². The molecule has 1 aliphatic rings. The van der Waals surface area contributed by atoms with Gasteiger partial charge in [-0.25, -0.2) is 13.2 Å². The summed E-state index contributed by atoms with van der Waals surface area (Å²) in [5, 5.41) is 0. The monoisotopic (exact) mass is 195 g/mol. The first kappa shape index (κ1) is 10.8. The van der Waals surface area contributed by atoms with Crippen LogP contribution < -0.4 is 5.73 Å². The Morgan fingerprint density at radius 1 is 1.38 bits per heavy atom. The summed E-state index contributed by atoms with van der Waals surface area (Å²) >= 11 is 0. The molecule has 0 amide bonds. The van der Waals surface area contributed by atoms with Crippen LogP contribution in [0.5, 0.6) is 0 Å². The Kier molecular flexibility index (Phi) is 3.59. The van der Waals surface area contributed by atoms with E-state index in [4.69, 9.17) is 5.73 Å². The van der Waals surface area contributed by atoms with E-state index in [-0.39, 0.29) is 19.4 Å². The average molecular weight is 195 g/mol. The SMILES string of the molecule is NCC(F)CC1CCCCC1(F)F. The third-order valence-electron chi connectivity index (χ3n) is 2.71. The predicted molar refractivity (Wildman–Crippen MR) is 45.5 cm³/mol. The van der Waals surface area contributed by atoms with Crippen LogP contribution in [0.15, 0.2) is 0 Å². The van der Waals surface area contributed by atoms with Crippen LogP contribution in [-0.4, -0.2) is 18.6 Å². The molecule has 0 bridgehead atoms. The van der Waals surface area contributed by atoms with Crippen LogP contribution in [0.1, 0.15) is 32.1 Å². The molecule has 0 aromatic carbocycles. The Balaban J connectivity index is 2.46. The largest absolute Gasteiger partial charge is 0.328 e. The van der Waals surface area contributed by atoms with Crippen LogP contribution in [-0.2, 0) is 0 Å². The van der Waals surface area contributed by atoms with Gasteiger partial charge in [0, 0.05) is 18.9 Å². The molecule has 2 atom stereocenters. The molecule has 1 aliphatic carbocycles. The smallest absolute Gasteiger partial charge is 0.251 e. The van der Waals surface area contributed by atoms with Crippen molar-refractivity contribution < 1.29 is 13.2 Å². The van der Waals surface area contributed by atoms with Gasteiger partial charge in [0.2, 0.25) is 0 Å². The number of hydrogen-bond acceptors (Lipinski definition) is 1. The Labute approximate surface area is 76.5 Å². The highest BCUT2D eigenvalue weighted by Crippen LogP contribution is 2.40. The molecule has 0 aromatic heterocycles. The third kappa shape index (κ3) is 2.86. The zero-order valence-corrected chi connectivity index (χ0v) is 7.61. The van der Waals surface area contributed by atoms with Crippen LogP contribution in [0.25, 0.3) is 0 Å². The van der Waals surface area contributed by atoms with Crippen molar-refractivity contribution in [1.82, 2.24) is 0 Å². The highest BCUT2D eigenvalue weighted by atomic mass is 19.3. The van der Waals surface area contributed by atoms with E-state index in [0.29, 0.717) is 12.8 Å². The summed E-state index contributed by atoms with van der Waals surface area (Å²) in [6.45, 7) is -0.146. The molecule has 0 aromatic rings. The van der Waals surface area contributed by atoms with Gasteiger partial charge in [0.05, 0.1) is 0 Å². The van der Waals surface area contributed by atoms with Gasteiger partial charge in [-0.3, -0.25) is 0 Å². The van der Waals surface area contributed by atoms with Crippen LogP contribution in [0.3, 0.4) is 0 Å². The molecule has 0 radical (unpaired) electrons. The lowest BCUT2D eigenvalue weighted by Gasteiger charge is -2.31.